The summed E-state index contributed by atoms with van der Waals surface area (Å²) in [5.41, 5.74) is 0.0858. The molecule has 0 spiro atoms. The van der Waals surface area contributed by atoms with Crippen LogP contribution in [0.25, 0.3) is 0 Å². The molecule has 0 saturated carbocycles. The van der Waals surface area contributed by atoms with Crippen LogP contribution in [-0.4, -0.2) is 66.4 Å². The van der Waals surface area contributed by atoms with Crippen molar-refractivity contribution in [2.75, 3.05) is 26.2 Å². The molecule has 9 heteroatoms. The first-order valence-electron chi connectivity index (χ1n) is 9.16. The number of carbonyl (C=O) groups is 2. The van der Waals surface area contributed by atoms with E-state index in [-0.39, 0.29) is 41.8 Å². The summed E-state index contributed by atoms with van der Waals surface area (Å²) in [6, 6.07) is 3.06. The number of aromatic hydroxyl groups is 1. The number of ether oxygens (including phenoxy) is 1. The summed E-state index contributed by atoms with van der Waals surface area (Å²) in [6.07, 6.45) is 1.69. The molecule has 3 N–H and O–H groups in total. The minimum absolute atomic E-state index is 0.0759. The third kappa shape index (κ3) is 4.47. The normalized spacial score (nSPS) is 19.4. The number of phenols is 1. The molecule has 0 bridgehead atoms. The summed E-state index contributed by atoms with van der Waals surface area (Å²) in [5, 5.41) is 22.9. The van der Waals surface area contributed by atoms with Gasteiger partial charge in [0.05, 0.1) is 0 Å². The first kappa shape index (κ1) is 19.3. The fourth-order valence-electron chi connectivity index (χ4n) is 3.50. The zero-order valence-corrected chi connectivity index (χ0v) is 15.0. The molecule has 2 aliphatic heterocycles. The first-order valence-corrected chi connectivity index (χ1v) is 9.16. The maximum absolute atomic E-state index is 12.2. The van der Waals surface area contributed by atoms with E-state index in [4.69, 9.17) is 4.74 Å². The Morgan fingerprint density at radius 1 is 1.33 bits per heavy atom. The molecule has 0 radical (unpaired) electrons. The van der Waals surface area contributed by atoms with E-state index in [1.165, 1.54) is 6.07 Å². The molecular formula is C18H23BN2O6. The van der Waals surface area contributed by atoms with Crippen molar-refractivity contribution in [1.82, 2.24) is 10.2 Å². The second kappa shape index (κ2) is 8.52. The second-order valence-electron chi connectivity index (χ2n) is 7.06. The van der Waals surface area contributed by atoms with Gasteiger partial charge < -0.3 is 5.32 Å². The number of nitrogens with one attached hydrogen (secondary N) is 1. The van der Waals surface area contributed by atoms with Gasteiger partial charge in [-0.3, -0.25) is 0 Å². The van der Waals surface area contributed by atoms with Crippen LogP contribution in [-0.2, 0) is 15.9 Å². The van der Waals surface area contributed by atoms with Gasteiger partial charge in [-0.25, -0.2) is 0 Å². The zero-order chi connectivity index (χ0) is 19.4. The van der Waals surface area contributed by atoms with Crippen molar-refractivity contribution < 1.29 is 29.2 Å². The Bertz CT molecular complexity index is 729. The number of carboxylic acid groups (broad SMARTS) is 1. The molecule has 2 heterocycles. The van der Waals surface area contributed by atoms with Gasteiger partial charge in [0.1, 0.15) is 0 Å². The molecule has 3 rings (SSSR count). The predicted octanol–water partition coefficient (Wildman–Crippen LogP) is 0.690. The fourth-order valence-corrected chi connectivity index (χ4v) is 3.50. The van der Waals surface area contributed by atoms with Crippen molar-refractivity contribution >= 4 is 19.0 Å². The molecule has 8 nitrogen and oxygen atoms in total. The zero-order valence-electron chi connectivity index (χ0n) is 15.0. The fraction of sp³-hybridized carbons (Fsp3) is 0.556. The maximum atomic E-state index is 12.2. The van der Waals surface area contributed by atoms with Crippen LogP contribution < -0.4 is 10.1 Å². The van der Waals surface area contributed by atoms with Gasteiger partial charge >= 0.3 is 126 Å². The second-order valence-corrected chi connectivity index (χ2v) is 7.06. The average Bonchev–Trinajstić information content (AvgIpc) is 3.09. The molecule has 2 fully saturated rings. The van der Waals surface area contributed by atoms with E-state index in [2.05, 4.69) is 5.32 Å². The van der Waals surface area contributed by atoms with E-state index in [0.717, 1.165) is 19.5 Å². The first-order chi connectivity index (χ1) is 13.0. The van der Waals surface area contributed by atoms with Crippen molar-refractivity contribution in [1.29, 1.82) is 0 Å². The minimum atomic E-state index is -1.29. The Morgan fingerprint density at radius 3 is 2.74 bits per heavy atom. The van der Waals surface area contributed by atoms with E-state index in [0.29, 0.717) is 38.1 Å². The summed E-state index contributed by atoms with van der Waals surface area (Å²) in [6.45, 7) is 2.64. The van der Waals surface area contributed by atoms with Crippen molar-refractivity contribution in [3.63, 3.8) is 0 Å². The van der Waals surface area contributed by atoms with Gasteiger partial charge in [-0.05, 0) is 25.4 Å². The van der Waals surface area contributed by atoms with Crippen LogP contribution in [0.4, 0.5) is 0 Å². The van der Waals surface area contributed by atoms with E-state index in [9.17, 15) is 24.5 Å². The molecule has 0 aromatic heterocycles. The van der Waals surface area contributed by atoms with Gasteiger partial charge in [0.2, 0.25) is 0 Å². The number of carbonyl (C=O) groups excluding carboxylic acids is 1. The topological polar surface area (TPSA) is 116 Å². The molecule has 1 atom stereocenters. The van der Waals surface area contributed by atoms with Gasteiger partial charge in [-0.1, -0.05) is 0 Å². The molecular weight excluding hydrogens is 351 g/mol. The Balaban J connectivity index is 1.59. The number of aromatic carboxylic acids is 1. The molecule has 0 aliphatic carbocycles. The summed E-state index contributed by atoms with van der Waals surface area (Å²) in [5.74, 6) is -1.12. The van der Waals surface area contributed by atoms with Crippen molar-refractivity contribution in [2.24, 2.45) is 5.92 Å². The monoisotopic (exact) mass is 374 g/mol. The third-order valence-corrected chi connectivity index (χ3v) is 5.09. The number of hydrogen-bond acceptors (Lipinski definition) is 6. The predicted molar refractivity (Wildman–Crippen MR) is 96.6 cm³/mol. The van der Waals surface area contributed by atoms with E-state index in [1.54, 1.807) is 11.0 Å². The van der Waals surface area contributed by atoms with Crippen LogP contribution in [0.2, 0.25) is 6.32 Å². The van der Waals surface area contributed by atoms with Crippen LogP contribution in [0, 0.1) is 5.92 Å². The number of rotatable bonds is 8. The third-order valence-electron chi connectivity index (χ3n) is 5.09. The van der Waals surface area contributed by atoms with Crippen LogP contribution in [0.15, 0.2) is 12.1 Å². The van der Waals surface area contributed by atoms with E-state index < -0.39 is 5.97 Å². The Kier molecular flexibility index (Phi) is 6.10. The number of amides is 1. The van der Waals surface area contributed by atoms with Crippen LogP contribution in [0.1, 0.15) is 28.8 Å². The van der Waals surface area contributed by atoms with Gasteiger partial charge in [-0.15, -0.1) is 0 Å². The van der Waals surface area contributed by atoms with Crippen molar-refractivity contribution in [2.45, 2.75) is 31.7 Å². The standard InChI is InChI=1S/C18H23BN2O6/c22-15(7-11-4-6-20-8-11)21-9-13(10-21)27-14-2-1-12(3-5-19-26)17(23)16(14)18(24)25/h1-2,11,13,20,23H,3-10H2,(H,24,25)/t11-/m0/s1. The molecule has 0 unspecified atom stereocenters. The number of aryl methyl sites for hydroxylation is 1. The van der Waals surface area contributed by atoms with Crippen molar-refractivity contribution in [3.05, 3.63) is 23.3 Å². The van der Waals surface area contributed by atoms with Crippen molar-refractivity contribution in [3.8, 4) is 11.5 Å². The van der Waals surface area contributed by atoms with Gasteiger partial charge in [0, 0.05) is 0 Å². The van der Waals surface area contributed by atoms with Crippen LogP contribution in [0.3, 0.4) is 0 Å². The van der Waals surface area contributed by atoms with E-state index >= 15 is 0 Å². The molecule has 1 amide bonds. The van der Waals surface area contributed by atoms with E-state index in [1.807, 2.05) is 0 Å². The molecule has 1 aromatic carbocycles. The van der Waals surface area contributed by atoms with Crippen LogP contribution >= 0.6 is 0 Å². The Morgan fingerprint density at radius 2 is 2.11 bits per heavy atom. The number of hydrogen-bond donors (Lipinski definition) is 3. The molecule has 2 aliphatic rings. The van der Waals surface area contributed by atoms with Gasteiger partial charge in [0.15, 0.2) is 0 Å². The molecule has 27 heavy (non-hydrogen) atoms. The summed E-state index contributed by atoms with van der Waals surface area (Å²) in [7, 11) is 0.714. The van der Waals surface area contributed by atoms with Gasteiger partial charge in [0.25, 0.3) is 0 Å². The number of nitrogens with zero attached hydrogens (tertiary/aromatic N) is 1. The quantitative estimate of drug-likeness (QED) is 0.574. The summed E-state index contributed by atoms with van der Waals surface area (Å²) in [4.78, 5) is 25.5. The van der Waals surface area contributed by atoms with Gasteiger partial charge in [-0.2, -0.15) is 0 Å². The number of likely N-dealkylation sites (tertiary alicyclic amines) is 1. The van der Waals surface area contributed by atoms with Crippen LogP contribution in [0.5, 0.6) is 11.5 Å². The Hall–Kier alpha value is -2.42. The Labute approximate surface area is 157 Å². The SMILES string of the molecule is O=BCCc1ccc(OC2CN(C(=O)C[C@@H]3CCNC3)C2)c(C(=O)O)c1O. The average molecular weight is 374 g/mol. The number of benzene rings is 1. The number of carboxylic acids is 1. The summed E-state index contributed by atoms with van der Waals surface area (Å²) < 4.78 is 16.2. The molecule has 1 aromatic rings. The molecule has 144 valence electrons. The molecule has 2 saturated heterocycles. The summed E-state index contributed by atoms with van der Waals surface area (Å²) >= 11 is 0.